The van der Waals surface area contributed by atoms with Crippen molar-refractivity contribution in [2.45, 2.75) is 26.7 Å². The zero-order valence-electron chi connectivity index (χ0n) is 11.0. The quantitative estimate of drug-likeness (QED) is 0.573. The highest BCUT2D eigenvalue weighted by Crippen LogP contribution is 2.17. The van der Waals surface area contributed by atoms with Crippen LogP contribution in [-0.2, 0) is 20.7 Å². The second kappa shape index (κ2) is 6.79. The average Bonchev–Trinajstić information content (AvgIpc) is 2.31. The summed E-state index contributed by atoms with van der Waals surface area (Å²) >= 11 is 0. The molecule has 0 bridgehead atoms. The number of carbonyl (C=O) groups excluding carboxylic acids is 2. The SMILES string of the molecule is CCOC(=O)CC(=O)Cc1ccc(OC)cc1C. The van der Waals surface area contributed by atoms with Crippen LogP contribution in [0.3, 0.4) is 0 Å². The Morgan fingerprint density at radius 3 is 2.56 bits per heavy atom. The Morgan fingerprint density at radius 1 is 1.28 bits per heavy atom. The van der Waals surface area contributed by atoms with Gasteiger partial charge in [0.25, 0.3) is 0 Å². The van der Waals surface area contributed by atoms with Crippen molar-refractivity contribution in [3.63, 3.8) is 0 Å². The first kappa shape index (κ1) is 14.2. The molecule has 0 aliphatic carbocycles. The maximum atomic E-state index is 11.7. The Labute approximate surface area is 107 Å². The van der Waals surface area contributed by atoms with E-state index in [-0.39, 0.29) is 18.6 Å². The molecule has 0 spiro atoms. The highest BCUT2D eigenvalue weighted by Gasteiger charge is 2.12. The number of ketones is 1. The molecule has 1 aromatic carbocycles. The third-order valence-corrected chi connectivity index (χ3v) is 2.58. The van der Waals surface area contributed by atoms with Crippen LogP contribution in [0, 0.1) is 6.92 Å². The van der Waals surface area contributed by atoms with Crippen LogP contribution in [-0.4, -0.2) is 25.5 Å². The third kappa shape index (κ3) is 4.20. The highest BCUT2D eigenvalue weighted by atomic mass is 16.5. The Hall–Kier alpha value is -1.84. The van der Waals surface area contributed by atoms with Crippen molar-refractivity contribution >= 4 is 11.8 Å². The molecule has 0 fully saturated rings. The van der Waals surface area contributed by atoms with Gasteiger partial charge in [-0.2, -0.15) is 0 Å². The van der Waals surface area contributed by atoms with E-state index < -0.39 is 5.97 Å². The van der Waals surface area contributed by atoms with Crippen molar-refractivity contribution in [3.8, 4) is 5.75 Å². The van der Waals surface area contributed by atoms with Gasteiger partial charge in [-0.1, -0.05) is 6.07 Å². The first-order chi connectivity index (χ1) is 8.56. The van der Waals surface area contributed by atoms with Gasteiger partial charge in [-0.05, 0) is 37.1 Å². The van der Waals surface area contributed by atoms with Gasteiger partial charge in [0.1, 0.15) is 18.0 Å². The molecule has 0 aliphatic heterocycles. The minimum Gasteiger partial charge on any atom is -0.497 e. The fraction of sp³-hybridized carbons (Fsp3) is 0.429. The predicted molar refractivity (Wildman–Crippen MR) is 67.7 cm³/mol. The van der Waals surface area contributed by atoms with Gasteiger partial charge in [0.15, 0.2) is 0 Å². The number of benzene rings is 1. The molecule has 0 radical (unpaired) electrons. The van der Waals surface area contributed by atoms with Crippen LogP contribution in [0.5, 0.6) is 5.75 Å². The van der Waals surface area contributed by atoms with E-state index in [0.29, 0.717) is 6.61 Å². The summed E-state index contributed by atoms with van der Waals surface area (Å²) in [7, 11) is 1.60. The van der Waals surface area contributed by atoms with E-state index in [1.54, 1.807) is 20.1 Å². The molecule has 1 rings (SSSR count). The number of hydrogen-bond donors (Lipinski definition) is 0. The lowest BCUT2D eigenvalue weighted by molar-refractivity contribution is -0.145. The third-order valence-electron chi connectivity index (χ3n) is 2.58. The van der Waals surface area contributed by atoms with Gasteiger partial charge in [0, 0.05) is 6.42 Å². The van der Waals surface area contributed by atoms with Crippen molar-refractivity contribution in [1.29, 1.82) is 0 Å². The van der Waals surface area contributed by atoms with Crippen molar-refractivity contribution in [3.05, 3.63) is 29.3 Å². The van der Waals surface area contributed by atoms with Crippen LogP contribution in [0.15, 0.2) is 18.2 Å². The average molecular weight is 250 g/mol. The van der Waals surface area contributed by atoms with Crippen molar-refractivity contribution in [1.82, 2.24) is 0 Å². The predicted octanol–water partition coefficient (Wildman–Crippen LogP) is 2.07. The maximum absolute atomic E-state index is 11.7. The summed E-state index contributed by atoms with van der Waals surface area (Å²) in [6, 6.07) is 5.52. The Bertz CT molecular complexity index is 437. The number of esters is 1. The topological polar surface area (TPSA) is 52.6 Å². The van der Waals surface area contributed by atoms with E-state index in [0.717, 1.165) is 16.9 Å². The van der Waals surface area contributed by atoms with Gasteiger partial charge in [-0.25, -0.2) is 0 Å². The number of ether oxygens (including phenoxy) is 2. The monoisotopic (exact) mass is 250 g/mol. The van der Waals surface area contributed by atoms with E-state index in [4.69, 9.17) is 9.47 Å². The number of methoxy groups -OCH3 is 1. The smallest absolute Gasteiger partial charge is 0.313 e. The van der Waals surface area contributed by atoms with Crippen molar-refractivity contribution < 1.29 is 19.1 Å². The maximum Gasteiger partial charge on any atom is 0.313 e. The molecule has 0 aromatic heterocycles. The van der Waals surface area contributed by atoms with E-state index in [2.05, 4.69) is 0 Å². The molecule has 98 valence electrons. The summed E-state index contributed by atoms with van der Waals surface area (Å²) in [5.74, 6) is 0.157. The number of hydrogen-bond acceptors (Lipinski definition) is 4. The van der Waals surface area contributed by atoms with Gasteiger partial charge in [-0.3, -0.25) is 9.59 Å². The van der Waals surface area contributed by atoms with Crippen LogP contribution < -0.4 is 4.74 Å². The molecule has 0 N–H and O–H groups in total. The zero-order valence-corrected chi connectivity index (χ0v) is 11.0. The van der Waals surface area contributed by atoms with Crippen LogP contribution in [0.25, 0.3) is 0 Å². The summed E-state index contributed by atoms with van der Waals surface area (Å²) in [5.41, 5.74) is 1.89. The summed E-state index contributed by atoms with van der Waals surface area (Å²) < 4.78 is 9.83. The fourth-order valence-electron chi connectivity index (χ4n) is 1.64. The number of carbonyl (C=O) groups is 2. The molecule has 0 atom stereocenters. The summed E-state index contributed by atoms with van der Waals surface area (Å²) in [5, 5.41) is 0. The molecule has 0 heterocycles. The first-order valence-electron chi connectivity index (χ1n) is 5.87. The van der Waals surface area contributed by atoms with Crippen LogP contribution >= 0.6 is 0 Å². The molecule has 0 saturated heterocycles. The van der Waals surface area contributed by atoms with Gasteiger partial charge >= 0.3 is 5.97 Å². The molecule has 1 aromatic rings. The Morgan fingerprint density at radius 2 is 2.00 bits per heavy atom. The normalized spacial score (nSPS) is 9.94. The summed E-state index contributed by atoms with van der Waals surface area (Å²) in [6.07, 6.45) is 0.0773. The minimum absolute atomic E-state index is 0.137. The lowest BCUT2D eigenvalue weighted by Gasteiger charge is -2.07. The van der Waals surface area contributed by atoms with Crippen LogP contribution in [0.1, 0.15) is 24.5 Å². The van der Waals surface area contributed by atoms with Gasteiger partial charge < -0.3 is 9.47 Å². The molecule has 4 heteroatoms. The van der Waals surface area contributed by atoms with Gasteiger partial charge in [0.05, 0.1) is 13.7 Å². The largest absolute Gasteiger partial charge is 0.497 e. The van der Waals surface area contributed by atoms with E-state index >= 15 is 0 Å². The first-order valence-corrected chi connectivity index (χ1v) is 5.87. The molecule has 4 nitrogen and oxygen atoms in total. The summed E-state index contributed by atoms with van der Waals surface area (Å²) in [6.45, 7) is 3.93. The van der Waals surface area contributed by atoms with Gasteiger partial charge in [0.2, 0.25) is 0 Å². The van der Waals surface area contributed by atoms with Crippen molar-refractivity contribution in [2.24, 2.45) is 0 Å². The number of rotatable bonds is 6. The van der Waals surface area contributed by atoms with Gasteiger partial charge in [-0.15, -0.1) is 0 Å². The lowest BCUT2D eigenvalue weighted by Crippen LogP contribution is -2.13. The standard InChI is InChI=1S/C14H18O4/c1-4-18-14(16)9-12(15)8-11-5-6-13(17-3)7-10(11)2/h5-7H,4,8-9H2,1-3H3. The molecule has 0 saturated carbocycles. The fourth-order valence-corrected chi connectivity index (χ4v) is 1.64. The molecule has 0 aliphatic rings. The molecule has 0 amide bonds. The molecular weight excluding hydrogens is 232 g/mol. The number of aryl methyl sites for hydroxylation is 1. The van der Waals surface area contributed by atoms with E-state index in [1.807, 2.05) is 19.1 Å². The molecule has 18 heavy (non-hydrogen) atoms. The van der Waals surface area contributed by atoms with E-state index in [1.165, 1.54) is 0 Å². The molecular formula is C14H18O4. The Balaban J connectivity index is 2.62. The summed E-state index contributed by atoms with van der Waals surface area (Å²) in [4.78, 5) is 22.8. The highest BCUT2D eigenvalue weighted by molar-refractivity contribution is 5.96. The zero-order chi connectivity index (χ0) is 13.5. The van der Waals surface area contributed by atoms with Crippen molar-refractivity contribution in [2.75, 3.05) is 13.7 Å². The lowest BCUT2D eigenvalue weighted by atomic mass is 10.0. The van der Waals surface area contributed by atoms with E-state index in [9.17, 15) is 9.59 Å². The van der Waals surface area contributed by atoms with Crippen LogP contribution in [0.4, 0.5) is 0 Å². The molecule has 0 unspecified atom stereocenters. The second-order valence-corrected chi connectivity index (χ2v) is 3.99. The van der Waals surface area contributed by atoms with Crippen LogP contribution in [0.2, 0.25) is 0 Å². The number of Topliss-reactive ketones (excluding diaryl/α,β-unsaturated/α-hetero) is 1. The second-order valence-electron chi connectivity index (χ2n) is 3.99. The minimum atomic E-state index is -0.464. The Kier molecular flexibility index (Phi) is 5.36.